The first-order chi connectivity index (χ1) is 9.27. The zero-order valence-corrected chi connectivity index (χ0v) is 11.0. The normalized spacial score (nSPS) is 16.0. The fraction of sp³-hybridized carbons (Fsp3) is 0.500. The summed E-state index contributed by atoms with van der Waals surface area (Å²) in [7, 11) is 0. The Morgan fingerprint density at radius 1 is 1.26 bits per heavy atom. The third-order valence-electron chi connectivity index (χ3n) is 3.28. The molecule has 1 aromatic rings. The van der Waals surface area contributed by atoms with Crippen LogP contribution in [0.25, 0.3) is 0 Å². The van der Waals surface area contributed by atoms with Gasteiger partial charge in [-0.3, -0.25) is 14.6 Å². The molecule has 0 unspecified atom stereocenters. The van der Waals surface area contributed by atoms with E-state index in [1.807, 2.05) is 4.90 Å². The predicted molar refractivity (Wildman–Crippen MR) is 71.6 cm³/mol. The van der Waals surface area contributed by atoms with Gasteiger partial charge in [-0.05, 0) is 25.0 Å². The van der Waals surface area contributed by atoms with E-state index in [9.17, 15) is 9.59 Å². The first-order valence-corrected chi connectivity index (χ1v) is 6.73. The van der Waals surface area contributed by atoms with Gasteiger partial charge in [0, 0.05) is 44.0 Å². The van der Waals surface area contributed by atoms with Gasteiger partial charge in [-0.15, -0.1) is 0 Å². The molecular weight excluding hydrogens is 242 g/mol. The van der Waals surface area contributed by atoms with Gasteiger partial charge in [-0.2, -0.15) is 0 Å². The van der Waals surface area contributed by atoms with E-state index in [0.717, 1.165) is 25.8 Å². The Hall–Kier alpha value is -1.91. The smallest absolute Gasteiger partial charge is 0.251 e. The van der Waals surface area contributed by atoms with Crippen molar-refractivity contribution in [1.29, 1.82) is 0 Å². The molecule has 0 saturated carbocycles. The molecule has 1 fully saturated rings. The predicted octanol–water partition coefficient (Wildman–Crippen LogP) is 1.21. The molecule has 0 atom stereocenters. The molecule has 1 aliphatic rings. The second-order valence-corrected chi connectivity index (χ2v) is 4.68. The maximum atomic E-state index is 11.8. The third kappa shape index (κ3) is 4.05. The average molecular weight is 261 g/mol. The highest BCUT2D eigenvalue weighted by Gasteiger charge is 2.16. The Bertz CT molecular complexity index is 434. The molecular formula is C14H19N3O2. The first kappa shape index (κ1) is 13.5. The SMILES string of the molecule is O=C(NCCN1CCCCCC1=O)c1ccncc1. The monoisotopic (exact) mass is 261 g/mol. The zero-order valence-electron chi connectivity index (χ0n) is 11.0. The maximum Gasteiger partial charge on any atom is 0.251 e. The second-order valence-electron chi connectivity index (χ2n) is 4.68. The highest BCUT2D eigenvalue weighted by Crippen LogP contribution is 2.10. The molecule has 1 aliphatic heterocycles. The van der Waals surface area contributed by atoms with Crippen molar-refractivity contribution in [2.24, 2.45) is 0 Å². The number of nitrogens with one attached hydrogen (secondary N) is 1. The largest absolute Gasteiger partial charge is 0.350 e. The number of aromatic nitrogens is 1. The van der Waals surface area contributed by atoms with E-state index < -0.39 is 0 Å². The lowest BCUT2D eigenvalue weighted by molar-refractivity contribution is -0.130. The second kappa shape index (κ2) is 6.87. The Kier molecular flexibility index (Phi) is 4.89. The van der Waals surface area contributed by atoms with Crippen LogP contribution in [0.15, 0.2) is 24.5 Å². The Morgan fingerprint density at radius 2 is 2.05 bits per heavy atom. The molecule has 0 radical (unpaired) electrons. The van der Waals surface area contributed by atoms with Crippen LogP contribution in [-0.2, 0) is 4.79 Å². The van der Waals surface area contributed by atoms with Gasteiger partial charge in [0.2, 0.25) is 5.91 Å². The molecule has 102 valence electrons. The molecule has 0 aliphatic carbocycles. The number of carbonyl (C=O) groups excluding carboxylic acids is 2. The first-order valence-electron chi connectivity index (χ1n) is 6.73. The van der Waals surface area contributed by atoms with Crippen LogP contribution >= 0.6 is 0 Å². The van der Waals surface area contributed by atoms with Gasteiger partial charge in [0.15, 0.2) is 0 Å². The van der Waals surface area contributed by atoms with E-state index >= 15 is 0 Å². The summed E-state index contributed by atoms with van der Waals surface area (Å²) in [6.45, 7) is 1.90. The van der Waals surface area contributed by atoms with E-state index in [2.05, 4.69) is 10.3 Å². The van der Waals surface area contributed by atoms with Crippen molar-refractivity contribution in [2.75, 3.05) is 19.6 Å². The minimum atomic E-state index is -0.121. The van der Waals surface area contributed by atoms with Gasteiger partial charge in [0.1, 0.15) is 0 Å². The summed E-state index contributed by atoms with van der Waals surface area (Å²) in [5, 5.41) is 2.83. The highest BCUT2D eigenvalue weighted by molar-refractivity contribution is 5.93. The summed E-state index contributed by atoms with van der Waals surface area (Å²) in [6, 6.07) is 3.35. The minimum Gasteiger partial charge on any atom is -0.350 e. The number of amides is 2. The van der Waals surface area contributed by atoms with Crippen LogP contribution in [0.4, 0.5) is 0 Å². The average Bonchev–Trinajstić information content (AvgIpc) is 2.65. The number of rotatable bonds is 4. The fourth-order valence-corrected chi connectivity index (χ4v) is 2.18. The van der Waals surface area contributed by atoms with Crippen LogP contribution in [0.3, 0.4) is 0 Å². The number of hydrogen-bond donors (Lipinski definition) is 1. The number of hydrogen-bond acceptors (Lipinski definition) is 3. The van der Waals surface area contributed by atoms with Crippen molar-refractivity contribution >= 4 is 11.8 Å². The van der Waals surface area contributed by atoms with Gasteiger partial charge in [0.25, 0.3) is 5.91 Å². The number of likely N-dealkylation sites (tertiary alicyclic amines) is 1. The number of carbonyl (C=O) groups is 2. The maximum absolute atomic E-state index is 11.8. The summed E-state index contributed by atoms with van der Waals surface area (Å²) in [6.07, 6.45) is 6.98. The number of nitrogens with zero attached hydrogens (tertiary/aromatic N) is 2. The molecule has 5 heteroatoms. The van der Waals surface area contributed by atoms with Crippen molar-refractivity contribution in [3.8, 4) is 0 Å². The van der Waals surface area contributed by atoms with Gasteiger partial charge < -0.3 is 10.2 Å². The highest BCUT2D eigenvalue weighted by atomic mass is 16.2. The lowest BCUT2D eigenvalue weighted by atomic mass is 10.2. The zero-order chi connectivity index (χ0) is 13.5. The molecule has 19 heavy (non-hydrogen) atoms. The molecule has 0 bridgehead atoms. The van der Waals surface area contributed by atoms with Crippen molar-refractivity contribution in [3.05, 3.63) is 30.1 Å². The van der Waals surface area contributed by atoms with Crippen molar-refractivity contribution in [1.82, 2.24) is 15.2 Å². The molecule has 0 spiro atoms. The lowest BCUT2D eigenvalue weighted by Gasteiger charge is -2.20. The van der Waals surface area contributed by atoms with Gasteiger partial charge >= 0.3 is 0 Å². The van der Waals surface area contributed by atoms with Crippen LogP contribution in [0.1, 0.15) is 36.0 Å². The minimum absolute atomic E-state index is 0.121. The van der Waals surface area contributed by atoms with Crippen LogP contribution in [-0.4, -0.2) is 41.3 Å². The molecule has 1 aromatic heterocycles. The molecule has 1 saturated heterocycles. The van der Waals surface area contributed by atoms with E-state index in [4.69, 9.17) is 0 Å². The molecule has 0 aromatic carbocycles. The van der Waals surface area contributed by atoms with Crippen molar-refractivity contribution < 1.29 is 9.59 Å². The fourth-order valence-electron chi connectivity index (χ4n) is 2.18. The summed E-state index contributed by atoms with van der Waals surface area (Å²) in [5.74, 6) is 0.0836. The van der Waals surface area contributed by atoms with Crippen molar-refractivity contribution in [2.45, 2.75) is 25.7 Å². The molecule has 5 nitrogen and oxygen atoms in total. The van der Waals surface area contributed by atoms with E-state index in [1.165, 1.54) is 0 Å². The van der Waals surface area contributed by atoms with Crippen molar-refractivity contribution in [3.63, 3.8) is 0 Å². The van der Waals surface area contributed by atoms with Gasteiger partial charge in [0.05, 0.1) is 0 Å². The number of pyridine rings is 1. The van der Waals surface area contributed by atoms with Crippen LogP contribution in [0.5, 0.6) is 0 Å². The van der Waals surface area contributed by atoms with E-state index in [0.29, 0.717) is 25.1 Å². The lowest BCUT2D eigenvalue weighted by Crippen LogP contribution is -2.38. The summed E-state index contributed by atoms with van der Waals surface area (Å²) < 4.78 is 0. The molecule has 2 rings (SSSR count). The Labute approximate surface area is 113 Å². The summed E-state index contributed by atoms with van der Waals surface area (Å²) in [4.78, 5) is 29.3. The van der Waals surface area contributed by atoms with Gasteiger partial charge in [-0.25, -0.2) is 0 Å². The van der Waals surface area contributed by atoms with E-state index in [-0.39, 0.29) is 11.8 Å². The Balaban J connectivity index is 1.77. The molecule has 2 heterocycles. The quantitative estimate of drug-likeness (QED) is 0.886. The third-order valence-corrected chi connectivity index (χ3v) is 3.28. The van der Waals surface area contributed by atoms with Crippen LogP contribution in [0, 0.1) is 0 Å². The van der Waals surface area contributed by atoms with E-state index in [1.54, 1.807) is 24.5 Å². The standard InChI is InChI=1S/C14H19N3O2/c18-13-4-2-1-3-10-17(13)11-9-16-14(19)12-5-7-15-8-6-12/h5-8H,1-4,9-11H2,(H,16,19). The van der Waals surface area contributed by atoms with Gasteiger partial charge in [-0.1, -0.05) is 6.42 Å². The topological polar surface area (TPSA) is 62.3 Å². The van der Waals surface area contributed by atoms with Crippen LogP contribution in [0.2, 0.25) is 0 Å². The molecule has 2 amide bonds. The Morgan fingerprint density at radius 3 is 2.84 bits per heavy atom. The molecule has 1 N–H and O–H groups in total. The summed E-state index contributed by atoms with van der Waals surface area (Å²) in [5.41, 5.74) is 0.595. The summed E-state index contributed by atoms with van der Waals surface area (Å²) >= 11 is 0. The van der Waals surface area contributed by atoms with Crippen LogP contribution < -0.4 is 5.32 Å².